The smallest absolute Gasteiger partial charge is 0.321 e. The van der Waals surface area contributed by atoms with Crippen LogP contribution in [0.2, 0.25) is 5.02 Å². The van der Waals surface area contributed by atoms with E-state index in [4.69, 9.17) is 16.3 Å². The van der Waals surface area contributed by atoms with E-state index >= 15 is 0 Å². The number of hydrogen-bond donors (Lipinski definition) is 1. The molecular formula is C28H28ClN5O3. The van der Waals surface area contributed by atoms with Crippen molar-refractivity contribution in [1.82, 2.24) is 14.5 Å². The van der Waals surface area contributed by atoms with Crippen LogP contribution in [0.1, 0.15) is 44.7 Å². The van der Waals surface area contributed by atoms with Crippen LogP contribution >= 0.6 is 11.6 Å². The van der Waals surface area contributed by atoms with Crippen molar-refractivity contribution in [1.29, 1.82) is 5.26 Å². The maximum Gasteiger partial charge on any atom is 0.321 e. The van der Waals surface area contributed by atoms with Crippen LogP contribution in [0.4, 0.5) is 5.69 Å². The van der Waals surface area contributed by atoms with E-state index in [1.54, 1.807) is 32.3 Å². The first kappa shape index (κ1) is 26.0. The number of hydrogen-bond acceptors (Lipinski definition) is 7. The third kappa shape index (κ3) is 5.68. The van der Waals surface area contributed by atoms with Crippen molar-refractivity contribution in [3.63, 3.8) is 0 Å². The van der Waals surface area contributed by atoms with E-state index in [2.05, 4.69) is 30.7 Å². The molecule has 1 N–H and O–H groups in total. The Kier molecular flexibility index (Phi) is 8.26. The van der Waals surface area contributed by atoms with Gasteiger partial charge in [-0.1, -0.05) is 17.7 Å². The quantitative estimate of drug-likeness (QED) is 0.270. The van der Waals surface area contributed by atoms with Crippen molar-refractivity contribution in [3.8, 4) is 29.1 Å². The van der Waals surface area contributed by atoms with Crippen LogP contribution in [0.3, 0.4) is 0 Å². The molecule has 0 spiro atoms. The summed E-state index contributed by atoms with van der Waals surface area (Å²) >= 11 is 6.48. The second-order valence-corrected chi connectivity index (χ2v) is 9.24. The number of aromatic nitrogens is 3. The van der Waals surface area contributed by atoms with Gasteiger partial charge in [0.25, 0.3) is 6.47 Å². The molecule has 0 saturated heterocycles. The number of halogens is 1. The summed E-state index contributed by atoms with van der Waals surface area (Å²) in [5, 5.41) is 14.7. The van der Waals surface area contributed by atoms with Gasteiger partial charge in [-0.25, -0.2) is 9.97 Å². The Hall–Kier alpha value is -4.09. The monoisotopic (exact) mass is 517 g/mol. The lowest BCUT2D eigenvalue weighted by atomic mass is 9.92. The summed E-state index contributed by atoms with van der Waals surface area (Å²) in [6, 6.07) is 16.4. The Bertz CT molecular complexity index is 1430. The van der Waals surface area contributed by atoms with Gasteiger partial charge in [0.05, 0.1) is 33.6 Å². The first-order chi connectivity index (χ1) is 18.0. The van der Waals surface area contributed by atoms with Crippen molar-refractivity contribution in [2.75, 3.05) is 12.4 Å². The van der Waals surface area contributed by atoms with Gasteiger partial charge in [-0.15, -0.1) is 0 Å². The average molecular weight is 518 g/mol. The topological polar surface area (TPSA) is 102 Å². The summed E-state index contributed by atoms with van der Waals surface area (Å²) in [6.45, 7) is 4.05. The molecular weight excluding hydrogens is 490 g/mol. The summed E-state index contributed by atoms with van der Waals surface area (Å²) in [7, 11) is 1.84. The summed E-state index contributed by atoms with van der Waals surface area (Å²) in [5.74, 6) is 0.636. The third-order valence-corrected chi connectivity index (χ3v) is 6.43. The zero-order valence-electron chi connectivity index (χ0n) is 20.9. The summed E-state index contributed by atoms with van der Waals surface area (Å²) in [4.78, 5) is 17.7. The molecule has 0 bridgehead atoms. The zero-order chi connectivity index (χ0) is 26.4. The highest BCUT2D eigenvalue weighted by molar-refractivity contribution is 6.33. The molecule has 4 aromatic rings. The van der Waals surface area contributed by atoms with Gasteiger partial charge in [-0.2, -0.15) is 5.26 Å². The van der Waals surface area contributed by atoms with Crippen LogP contribution in [0, 0.1) is 11.3 Å². The lowest BCUT2D eigenvalue weighted by Crippen LogP contribution is -2.17. The molecule has 1 saturated carbocycles. The van der Waals surface area contributed by atoms with Crippen LogP contribution in [0.5, 0.6) is 11.8 Å². The Morgan fingerprint density at radius 1 is 1.19 bits per heavy atom. The maximum absolute atomic E-state index is 10.1. The fraction of sp³-hybridized carbons (Fsp3) is 0.286. The van der Waals surface area contributed by atoms with E-state index in [9.17, 15) is 10.1 Å². The van der Waals surface area contributed by atoms with E-state index in [0.717, 1.165) is 40.7 Å². The fourth-order valence-corrected chi connectivity index (χ4v) is 4.47. The molecule has 37 heavy (non-hydrogen) atoms. The van der Waals surface area contributed by atoms with Crippen molar-refractivity contribution >= 4 is 34.7 Å². The largest absolute Gasteiger partial charge is 0.465 e. The minimum atomic E-state index is 0.0301. The van der Waals surface area contributed by atoms with E-state index in [1.165, 1.54) is 6.42 Å². The number of fused-ring (bicyclic) bond motifs is 1. The number of nitriles is 1. The first-order valence-corrected chi connectivity index (χ1v) is 12.4. The minimum Gasteiger partial charge on any atom is -0.465 e. The van der Waals surface area contributed by atoms with E-state index in [-0.39, 0.29) is 6.10 Å². The van der Waals surface area contributed by atoms with Crippen LogP contribution in [-0.2, 0) is 9.53 Å². The van der Waals surface area contributed by atoms with Gasteiger partial charge in [0, 0.05) is 42.5 Å². The highest BCUT2D eigenvalue weighted by Gasteiger charge is 2.28. The van der Waals surface area contributed by atoms with Crippen LogP contribution in [-0.4, -0.2) is 34.2 Å². The molecule has 190 valence electrons. The molecule has 2 aromatic carbocycles. The highest BCUT2D eigenvalue weighted by Crippen LogP contribution is 2.44. The minimum absolute atomic E-state index is 0.0301. The molecule has 1 aliphatic carbocycles. The van der Waals surface area contributed by atoms with Crippen LogP contribution in [0.25, 0.3) is 22.2 Å². The number of nitrogens with zero attached hydrogens (tertiary/aromatic N) is 4. The predicted octanol–water partition coefficient (Wildman–Crippen LogP) is 6.75. The average Bonchev–Trinajstić information content (AvgIpc) is 3.17. The number of carbonyl (C=O) groups excluding carboxylic acids is 1. The molecule has 1 fully saturated rings. The summed E-state index contributed by atoms with van der Waals surface area (Å²) < 4.78 is 12.5. The second-order valence-electron chi connectivity index (χ2n) is 8.83. The van der Waals surface area contributed by atoms with Crippen LogP contribution < -0.4 is 10.1 Å². The molecule has 2 heterocycles. The SMILES string of the molecule is CC(C)OC=O.CNc1ccc(-c2c(C#N)c3ccc(Oc4ncccn4)cc3n2C2CCC2)cc1Cl. The number of nitrogens with one attached hydrogen (secondary N) is 1. The third-order valence-electron chi connectivity index (χ3n) is 6.12. The van der Waals surface area contributed by atoms with Gasteiger partial charge < -0.3 is 19.4 Å². The number of benzene rings is 2. The van der Waals surface area contributed by atoms with Crippen molar-refractivity contribution in [3.05, 3.63) is 65.4 Å². The fourth-order valence-electron chi connectivity index (χ4n) is 4.19. The molecule has 0 atom stereocenters. The van der Waals surface area contributed by atoms with Gasteiger partial charge in [0.15, 0.2) is 0 Å². The Balaban J connectivity index is 0.000000480. The first-order valence-electron chi connectivity index (χ1n) is 12.1. The molecule has 8 nitrogen and oxygen atoms in total. The number of carbonyl (C=O) groups is 1. The lowest BCUT2D eigenvalue weighted by Gasteiger charge is -2.30. The molecule has 0 unspecified atom stereocenters. The maximum atomic E-state index is 10.1. The molecule has 2 aromatic heterocycles. The molecule has 0 radical (unpaired) electrons. The van der Waals surface area contributed by atoms with Crippen molar-refractivity contribution < 1.29 is 14.3 Å². The predicted molar refractivity (Wildman–Crippen MR) is 144 cm³/mol. The van der Waals surface area contributed by atoms with Gasteiger partial charge in [0.1, 0.15) is 11.8 Å². The van der Waals surface area contributed by atoms with Gasteiger partial charge in [-0.3, -0.25) is 4.79 Å². The van der Waals surface area contributed by atoms with Crippen molar-refractivity contribution in [2.24, 2.45) is 0 Å². The number of anilines is 1. The van der Waals surface area contributed by atoms with Crippen LogP contribution in [0.15, 0.2) is 54.9 Å². The Labute approximate surface area is 220 Å². The van der Waals surface area contributed by atoms with Crippen molar-refractivity contribution in [2.45, 2.75) is 45.3 Å². The molecule has 1 aliphatic rings. The molecule has 9 heteroatoms. The number of rotatable bonds is 7. The van der Waals surface area contributed by atoms with Gasteiger partial charge in [-0.05, 0) is 63.4 Å². The molecule has 5 rings (SSSR count). The Morgan fingerprint density at radius 2 is 1.95 bits per heavy atom. The highest BCUT2D eigenvalue weighted by atomic mass is 35.5. The summed E-state index contributed by atoms with van der Waals surface area (Å²) in [5.41, 5.74) is 4.31. The van der Waals surface area contributed by atoms with Gasteiger partial charge in [0.2, 0.25) is 0 Å². The summed E-state index contributed by atoms with van der Waals surface area (Å²) in [6.07, 6.45) is 6.65. The lowest BCUT2D eigenvalue weighted by molar-refractivity contribution is -0.131. The van der Waals surface area contributed by atoms with E-state index < -0.39 is 0 Å². The standard InChI is InChI=1S/C24H20ClN5O.C4H8O2/c1-27-21-9-6-15(12-20(21)25)23-19(14-26)18-8-7-17(31-24-28-10-3-11-29-24)13-22(18)30(23)16-4-2-5-16;1-4(2)6-3-5/h3,6-13,16,27H,2,4-5H2,1H3;3-4H,1-2H3. The molecule has 0 amide bonds. The zero-order valence-corrected chi connectivity index (χ0v) is 21.7. The Morgan fingerprint density at radius 3 is 2.49 bits per heavy atom. The second kappa shape index (κ2) is 11.8. The number of ether oxygens (including phenoxy) is 2. The van der Waals surface area contributed by atoms with E-state index in [0.29, 0.717) is 34.9 Å². The molecule has 0 aliphatic heterocycles. The van der Waals surface area contributed by atoms with E-state index in [1.807, 2.05) is 43.4 Å². The normalized spacial score (nSPS) is 12.8. The van der Waals surface area contributed by atoms with Gasteiger partial charge >= 0.3 is 6.01 Å².